The van der Waals surface area contributed by atoms with Gasteiger partial charge in [-0.1, -0.05) is 6.07 Å². The first-order valence-corrected chi connectivity index (χ1v) is 4.44. The molecule has 0 aliphatic heterocycles. The number of nitrogens with two attached hydrogens (primary N) is 1. The van der Waals surface area contributed by atoms with Gasteiger partial charge in [-0.25, -0.2) is 4.39 Å². The molecule has 4 nitrogen and oxygen atoms in total. The predicted molar refractivity (Wildman–Crippen MR) is 55.9 cm³/mol. The van der Waals surface area contributed by atoms with Gasteiger partial charge in [0.1, 0.15) is 17.6 Å². The molecular weight excluding hydrogens is 199 g/mol. The highest BCUT2D eigenvalue weighted by atomic mass is 19.1. The fourth-order valence-electron chi connectivity index (χ4n) is 1.00. The second-order valence-corrected chi connectivity index (χ2v) is 3.07. The van der Waals surface area contributed by atoms with Crippen LogP contribution in [-0.2, 0) is 9.53 Å². The van der Waals surface area contributed by atoms with Gasteiger partial charge in [-0.3, -0.25) is 4.79 Å². The van der Waals surface area contributed by atoms with E-state index < -0.39 is 17.8 Å². The molecule has 1 unspecified atom stereocenters. The summed E-state index contributed by atoms with van der Waals surface area (Å²) in [6, 6.07) is 4.21. The Balaban J connectivity index is 2.85. The number of para-hydroxylation sites is 1. The minimum atomic E-state index is -0.649. The number of ether oxygens (including phenoxy) is 1. The lowest BCUT2D eigenvalue weighted by molar-refractivity contribution is -0.124. The molecule has 5 heteroatoms. The van der Waals surface area contributed by atoms with Gasteiger partial charge in [-0.15, -0.1) is 0 Å². The first-order chi connectivity index (χ1) is 7.06. The third kappa shape index (κ3) is 2.66. The van der Waals surface area contributed by atoms with E-state index in [1.807, 2.05) is 0 Å². The zero-order valence-electron chi connectivity index (χ0n) is 8.58. The van der Waals surface area contributed by atoms with Crippen molar-refractivity contribution < 1.29 is 13.9 Å². The summed E-state index contributed by atoms with van der Waals surface area (Å²) in [5.41, 5.74) is 5.69. The number of benzene rings is 1. The van der Waals surface area contributed by atoms with Crippen LogP contribution < -0.4 is 11.1 Å². The average Bonchev–Trinajstić information content (AvgIpc) is 2.22. The van der Waals surface area contributed by atoms with Crippen molar-refractivity contribution >= 4 is 17.3 Å². The minimum absolute atomic E-state index is 0.00796. The smallest absolute Gasteiger partial charge is 0.253 e. The number of hydrogen-bond donors (Lipinski definition) is 2. The summed E-state index contributed by atoms with van der Waals surface area (Å²) in [4.78, 5) is 11.4. The highest BCUT2D eigenvalue weighted by Gasteiger charge is 2.15. The van der Waals surface area contributed by atoms with E-state index in [4.69, 9.17) is 10.5 Å². The molecule has 3 N–H and O–H groups in total. The topological polar surface area (TPSA) is 64.3 Å². The van der Waals surface area contributed by atoms with Gasteiger partial charge in [0.2, 0.25) is 0 Å². The Morgan fingerprint density at radius 2 is 2.27 bits per heavy atom. The van der Waals surface area contributed by atoms with Crippen molar-refractivity contribution in [2.75, 3.05) is 18.2 Å². The fraction of sp³-hybridized carbons (Fsp3) is 0.300. The Bertz CT molecular complexity index is 348. The van der Waals surface area contributed by atoms with Crippen molar-refractivity contribution in [1.82, 2.24) is 0 Å². The van der Waals surface area contributed by atoms with Crippen LogP contribution >= 0.6 is 0 Å². The normalized spacial score (nSPS) is 12.2. The van der Waals surface area contributed by atoms with Crippen molar-refractivity contribution in [3.05, 3.63) is 24.0 Å². The van der Waals surface area contributed by atoms with E-state index in [2.05, 4.69) is 5.32 Å². The summed E-state index contributed by atoms with van der Waals surface area (Å²) in [5.74, 6) is -0.999. The maximum Gasteiger partial charge on any atom is 0.253 e. The van der Waals surface area contributed by atoms with Gasteiger partial charge >= 0.3 is 0 Å². The SMILES string of the molecule is COC(C)C(=O)Nc1c(N)cccc1F. The Morgan fingerprint density at radius 1 is 1.60 bits per heavy atom. The lowest BCUT2D eigenvalue weighted by atomic mass is 10.2. The molecule has 15 heavy (non-hydrogen) atoms. The second kappa shape index (κ2) is 4.75. The highest BCUT2D eigenvalue weighted by Crippen LogP contribution is 2.21. The molecule has 0 bridgehead atoms. The Morgan fingerprint density at radius 3 is 2.80 bits per heavy atom. The van der Waals surface area contributed by atoms with Crippen LogP contribution in [0.3, 0.4) is 0 Å². The van der Waals surface area contributed by atoms with Gasteiger partial charge in [-0.05, 0) is 19.1 Å². The molecule has 1 amide bonds. The van der Waals surface area contributed by atoms with E-state index in [0.29, 0.717) is 0 Å². The highest BCUT2D eigenvalue weighted by molar-refractivity contribution is 5.96. The largest absolute Gasteiger partial charge is 0.397 e. The zero-order valence-corrected chi connectivity index (χ0v) is 8.58. The third-order valence-corrected chi connectivity index (χ3v) is 2.02. The van der Waals surface area contributed by atoms with Crippen LogP contribution in [0.2, 0.25) is 0 Å². The van der Waals surface area contributed by atoms with Crippen LogP contribution in [0.5, 0.6) is 0 Å². The molecule has 0 aliphatic rings. The number of hydrogen-bond acceptors (Lipinski definition) is 3. The molecule has 1 aromatic carbocycles. The van der Waals surface area contributed by atoms with E-state index in [0.717, 1.165) is 0 Å². The first-order valence-electron chi connectivity index (χ1n) is 4.44. The number of nitrogens with one attached hydrogen (secondary N) is 1. The predicted octanol–water partition coefficient (Wildman–Crippen LogP) is 1.38. The van der Waals surface area contributed by atoms with Crippen LogP contribution in [-0.4, -0.2) is 19.1 Å². The van der Waals surface area contributed by atoms with Gasteiger partial charge in [-0.2, -0.15) is 0 Å². The van der Waals surface area contributed by atoms with Crippen molar-refractivity contribution in [2.24, 2.45) is 0 Å². The standard InChI is InChI=1S/C10H13FN2O2/c1-6(15-2)10(14)13-9-7(11)4-3-5-8(9)12/h3-6H,12H2,1-2H3,(H,13,14). The average molecular weight is 212 g/mol. The van der Waals surface area contributed by atoms with Crippen LogP contribution in [0, 0.1) is 5.82 Å². The van der Waals surface area contributed by atoms with Gasteiger partial charge in [0.05, 0.1) is 5.69 Å². The maximum atomic E-state index is 13.2. The molecule has 82 valence electrons. The van der Waals surface area contributed by atoms with Crippen LogP contribution in [0.25, 0.3) is 0 Å². The monoisotopic (exact) mass is 212 g/mol. The number of carbonyl (C=O) groups excluding carboxylic acids is 1. The van der Waals surface area contributed by atoms with Crippen molar-refractivity contribution in [3.63, 3.8) is 0 Å². The number of carbonyl (C=O) groups is 1. The molecule has 1 rings (SSSR count). The molecule has 0 spiro atoms. The first kappa shape index (κ1) is 11.5. The van der Waals surface area contributed by atoms with E-state index in [1.54, 1.807) is 6.92 Å². The van der Waals surface area contributed by atoms with Crippen LogP contribution in [0.1, 0.15) is 6.92 Å². The Labute approximate surface area is 87.2 Å². The van der Waals surface area contributed by atoms with Crippen molar-refractivity contribution in [1.29, 1.82) is 0 Å². The maximum absolute atomic E-state index is 13.2. The lowest BCUT2D eigenvalue weighted by Gasteiger charge is -2.12. The fourth-order valence-corrected chi connectivity index (χ4v) is 1.00. The van der Waals surface area contributed by atoms with Gasteiger partial charge in [0.25, 0.3) is 5.91 Å². The summed E-state index contributed by atoms with van der Waals surface area (Å²) in [7, 11) is 1.40. The van der Waals surface area contributed by atoms with Gasteiger partial charge in [0, 0.05) is 7.11 Å². The molecule has 0 aliphatic carbocycles. The van der Waals surface area contributed by atoms with Gasteiger partial charge in [0.15, 0.2) is 0 Å². The minimum Gasteiger partial charge on any atom is -0.397 e. The number of rotatable bonds is 3. The number of anilines is 2. The number of halogens is 1. The van der Waals surface area contributed by atoms with E-state index in [9.17, 15) is 9.18 Å². The van der Waals surface area contributed by atoms with Crippen molar-refractivity contribution in [2.45, 2.75) is 13.0 Å². The summed E-state index contributed by atoms with van der Waals surface area (Å²) in [5, 5.41) is 2.37. The van der Waals surface area contributed by atoms with E-state index in [-0.39, 0.29) is 11.4 Å². The van der Waals surface area contributed by atoms with Crippen LogP contribution in [0.4, 0.5) is 15.8 Å². The Hall–Kier alpha value is -1.62. The molecule has 0 saturated heterocycles. The lowest BCUT2D eigenvalue weighted by Crippen LogP contribution is -2.27. The molecule has 0 aromatic heterocycles. The molecule has 0 heterocycles. The molecule has 0 radical (unpaired) electrons. The number of methoxy groups -OCH3 is 1. The molecule has 1 atom stereocenters. The van der Waals surface area contributed by atoms with Crippen LogP contribution in [0.15, 0.2) is 18.2 Å². The zero-order chi connectivity index (χ0) is 11.4. The third-order valence-electron chi connectivity index (χ3n) is 2.02. The summed E-state index contributed by atoms with van der Waals surface area (Å²) in [6.07, 6.45) is -0.649. The van der Waals surface area contributed by atoms with Gasteiger partial charge < -0.3 is 15.8 Å². The number of nitrogen functional groups attached to an aromatic ring is 1. The molecular formula is C10H13FN2O2. The van der Waals surface area contributed by atoms with E-state index >= 15 is 0 Å². The Kier molecular flexibility index (Phi) is 3.62. The summed E-state index contributed by atoms with van der Waals surface area (Å²) >= 11 is 0. The van der Waals surface area contributed by atoms with E-state index in [1.165, 1.54) is 25.3 Å². The molecule has 0 fully saturated rings. The molecule has 1 aromatic rings. The van der Waals surface area contributed by atoms with Crippen molar-refractivity contribution in [3.8, 4) is 0 Å². The number of amides is 1. The summed E-state index contributed by atoms with van der Waals surface area (Å²) < 4.78 is 18.0. The quantitative estimate of drug-likeness (QED) is 0.744. The second-order valence-electron chi connectivity index (χ2n) is 3.07. The summed E-state index contributed by atoms with van der Waals surface area (Å²) in [6.45, 7) is 1.56. The molecule has 0 saturated carbocycles.